The van der Waals surface area contributed by atoms with E-state index in [0.29, 0.717) is 6.54 Å². The lowest BCUT2D eigenvalue weighted by atomic mass is 9.88. The summed E-state index contributed by atoms with van der Waals surface area (Å²) >= 11 is 0. The second-order valence-electron chi connectivity index (χ2n) is 6.35. The number of piperidine rings is 1. The van der Waals surface area contributed by atoms with Crippen LogP contribution in [-0.4, -0.2) is 44.6 Å². The Hall–Kier alpha value is -2.70. The quantitative estimate of drug-likeness (QED) is 0.909. The molecule has 2 amide bonds. The molecule has 24 heavy (non-hydrogen) atoms. The zero-order valence-corrected chi connectivity index (χ0v) is 13.3. The molecule has 3 heterocycles. The van der Waals surface area contributed by atoms with Crippen molar-refractivity contribution in [2.75, 3.05) is 18.4 Å². The van der Waals surface area contributed by atoms with Gasteiger partial charge in [-0.25, -0.2) is 9.67 Å². The molecule has 0 saturated carbocycles. The minimum Gasteiger partial charge on any atom is -0.340 e. The Balaban J connectivity index is 1.56. The normalized spacial score (nSPS) is 23.5. The summed E-state index contributed by atoms with van der Waals surface area (Å²) in [4.78, 5) is 30.9. The van der Waals surface area contributed by atoms with Gasteiger partial charge in [0.05, 0.1) is 12.0 Å². The highest BCUT2D eigenvalue weighted by Crippen LogP contribution is 2.34. The molecule has 4 rings (SSSR count). The van der Waals surface area contributed by atoms with Gasteiger partial charge in [-0.1, -0.05) is 18.2 Å². The summed E-state index contributed by atoms with van der Waals surface area (Å²) in [5, 5.41) is 7.04. The van der Waals surface area contributed by atoms with Gasteiger partial charge in [0.15, 0.2) is 0 Å². The molecule has 1 aromatic carbocycles. The average Bonchev–Trinajstić information content (AvgIpc) is 3.15. The molecule has 2 aliphatic rings. The molecule has 2 atom stereocenters. The summed E-state index contributed by atoms with van der Waals surface area (Å²) in [6.45, 7) is 1.34. The lowest BCUT2D eigenvalue weighted by Crippen LogP contribution is -2.44. The van der Waals surface area contributed by atoms with Crippen LogP contribution in [0.2, 0.25) is 0 Å². The maximum Gasteiger partial charge on any atom is 0.230 e. The molecule has 2 aromatic rings. The van der Waals surface area contributed by atoms with Gasteiger partial charge in [0, 0.05) is 25.2 Å². The van der Waals surface area contributed by atoms with Crippen LogP contribution in [0.1, 0.15) is 36.8 Å². The van der Waals surface area contributed by atoms with Crippen molar-refractivity contribution in [2.45, 2.75) is 31.2 Å². The number of carbonyl (C=O) groups excluding carboxylic acids is 2. The Morgan fingerprint density at radius 1 is 1.29 bits per heavy atom. The standard InChI is InChI=1S/C17H19N5O2/c23-16-8-14(13-5-1-2-6-15(13)20-16)17(24)21-7-3-4-12(9-21)22-11-18-10-19-22/h1-2,5-6,10-12,14H,3-4,7-9H2,(H,20,23). The first kappa shape index (κ1) is 14.9. The number of rotatable bonds is 2. The molecule has 0 radical (unpaired) electrons. The van der Waals surface area contributed by atoms with E-state index >= 15 is 0 Å². The number of anilines is 1. The Bertz CT molecular complexity index is 758. The fourth-order valence-electron chi connectivity index (χ4n) is 3.63. The monoisotopic (exact) mass is 325 g/mol. The van der Waals surface area contributed by atoms with E-state index in [1.165, 1.54) is 6.33 Å². The molecule has 1 aromatic heterocycles. The third kappa shape index (κ3) is 2.66. The second-order valence-corrected chi connectivity index (χ2v) is 6.35. The van der Waals surface area contributed by atoms with Crippen LogP contribution < -0.4 is 5.32 Å². The summed E-state index contributed by atoms with van der Waals surface area (Å²) in [6.07, 6.45) is 5.33. The van der Waals surface area contributed by atoms with Gasteiger partial charge in [-0.3, -0.25) is 9.59 Å². The van der Waals surface area contributed by atoms with E-state index in [1.54, 1.807) is 6.33 Å². The van der Waals surface area contributed by atoms with Crippen molar-refractivity contribution in [1.82, 2.24) is 19.7 Å². The third-order valence-corrected chi connectivity index (χ3v) is 4.82. The minimum absolute atomic E-state index is 0.0297. The Morgan fingerprint density at radius 2 is 2.17 bits per heavy atom. The van der Waals surface area contributed by atoms with Crippen molar-refractivity contribution >= 4 is 17.5 Å². The van der Waals surface area contributed by atoms with Gasteiger partial charge in [0.2, 0.25) is 11.8 Å². The van der Waals surface area contributed by atoms with Crippen molar-refractivity contribution in [3.8, 4) is 0 Å². The highest BCUT2D eigenvalue weighted by atomic mass is 16.2. The lowest BCUT2D eigenvalue weighted by molar-refractivity contribution is -0.136. The fourth-order valence-corrected chi connectivity index (χ4v) is 3.63. The van der Waals surface area contributed by atoms with Gasteiger partial charge in [0.25, 0.3) is 0 Å². The van der Waals surface area contributed by atoms with Crippen molar-refractivity contribution in [1.29, 1.82) is 0 Å². The van der Waals surface area contributed by atoms with Gasteiger partial charge in [-0.15, -0.1) is 0 Å². The molecule has 0 spiro atoms. The number of hydrogen-bond acceptors (Lipinski definition) is 4. The number of aromatic nitrogens is 3. The first-order valence-corrected chi connectivity index (χ1v) is 8.24. The molecule has 7 nitrogen and oxygen atoms in total. The summed E-state index contributed by atoms with van der Waals surface area (Å²) in [6, 6.07) is 7.70. The van der Waals surface area contributed by atoms with Gasteiger partial charge in [-0.2, -0.15) is 5.10 Å². The molecule has 2 aliphatic heterocycles. The van der Waals surface area contributed by atoms with E-state index < -0.39 is 5.92 Å². The highest BCUT2D eigenvalue weighted by Gasteiger charge is 2.35. The van der Waals surface area contributed by atoms with Crippen LogP contribution in [0.5, 0.6) is 0 Å². The van der Waals surface area contributed by atoms with E-state index in [-0.39, 0.29) is 24.3 Å². The average molecular weight is 325 g/mol. The number of fused-ring (bicyclic) bond motifs is 1. The maximum absolute atomic E-state index is 13.1. The molecule has 0 aliphatic carbocycles. The SMILES string of the molecule is O=C1CC(C(=O)N2CCCC(n3cncn3)C2)c2ccccc2N1. The van der Waals surface area contributed by atoms with Crippen LogP contribution in [0.4, 0.5) is 5.69 Å². The number of para-hydroxylation sites is 1. The number of benzene rings is 1. The van der Waals surface area contributed by atoms with Crippen LogP contribution >= 0.6 is 0 Å². The molecule has 7 heteroatoms. The van der Waals surface area contributed by atoms with Crippen molar-refractivity contribution in [2.24, 2.45) is 0 Å². The van der Waals surface area contributed by atoms with Crippen molar-refractivity contribution in [3.05, 3.63) is 42.5 Å². The van der Waals surface area contributed by atoms with Gasteiger partial charge in [-0.05, 0) is 24.5 Å². The zero-order valence-electron chi connectivity index (χ0n) is 13.3. The third-order valence-electron chi connectivity index (χ3n) is 4.82. The molecule has 124 valence electrons. The number of amides is 2. The maximum atomic E-state index is 13.1. The summed E-state index contributed by atoms with van der Waals surface area (Å²) in [5.41, 5.74) is 1.65. The van der Waals surface area contributed by atoms with E-state index in [0.717, 1.165) is 30.6 Å². The molecule has 2 unspecified atom stereocenters. The fraction of sp³-hybridized carbons (Fsp3) is 0.412. The number of carbonyl (C=O) groups is 2. The van der Waals surface area contributed by atoms with Crippen LogP contribution in [-0.2, 0) is 9.59 Å². The smallest absolute Gasteiger partial charge is 0.230 e. The molecule has 1 fully saturated rings. The van der Waals surface area contributed by atoms with E-state index in [2.05, 4.69) is 15.4 Å². The number of likely N-dealkylation sites (tertiary alicyclic amines) is 1. The largest absolute Gasteiger partial charge is 0.340 e. The predicted molar refractivity (Wildman–Crippen MR) is 87.3 cm³/mol. The predicted octanol–water partition coefficient (Wildman–Crippen LogP) is 1.57. The molecule has 0 bridgehead atoms. The van der Waals surface area contributed by atoms with Crippen LogP contribution in [0.3, 0.4) is 0 Å². The zero-order chi connectivity index (χ0) is 16.5. The van der Waals surface area contributed by atoms with E-state index in [4.69, 9.17) is 0 Å². The number of nitrogens with zero attached hydrogens (tertiary/aromatic N) is 4. The molecule has 1 saturated heterocycles. The molecular weight excluding hydrogens is 306 g/mol. The van der Waals surface area contributed by atoms with Gasteiger partial charge < -0.3 is 10.2 Å². The van der Waals surface area contributed by atoms with E-state index in [1.807, 2.05) is 33.8 Å². The Morgan fingerprint density at radius 3 is 3.00 bits per heavy atom. The minimum atomic E-state index is -0.399. The van der Waals surface area contributed by atoms with Crippen molar-refractivity contribution in [3.63, 3.8) is 0 Å². The van der Waals surface area contributed by atoms with Crippen LogP contribution in [0, 0.1) is 0 Å². The van der Waals surface area contributed by atoms with Crippen LogP contribution in [0.25, 0.3) is 0 Å². The highest BCUT2D eigenvalue weighted by molar-refractivity contribution is 6.01. The Labute approximate surface area is 139 Å². The Kier molecular flexibility index (Phi) is 3.76. The summed E-state index contributed by atoms with van der Waals surface area (Å²) < 4.78 is 1.82. The summed E-state index contributed by atoms with van der Waals surface area (Å²) in [5.74, 6) is -0.469. The first-order valence-electron chi connectivity index (χ1n) is 8.24. The first-order chi connectivity index (χ1) is 11.7. The van der Waals surface area contributed by atoms with Crippen LogP contribution in [0.15, 0.2) is 36.9 Å². The lowest BCUT2D eigenvalue weighted by Gasteiger charge is -2.36. The number of hydrogen-bond donors (Lipinski definition) is 1. The van der Waals surface area contributed by atoms with Gasteiger partial charge >= 0.3 is 0 Å². The number of nitrogens with one attached hydrogen (secondary N) is 1. The second kappa shape index (κ2) is 6.07. The van der Waals surface area contributed by atoms with E-state index in [9.17, 15) is 9.59 Å². The topological polar surface area (TPSA) is 80.1 Å². The molecular formula is C17H19N5O2. The van der Waals surface area contributed by atoms with Crippen molar-refractivity contribution < 1.29 is 9.59 Å². The van der Waals surface area contributed by atoms with Gasteiger partial charge in [0.1, 0.15) is 12.7 Å². The summed E-state index contributed by atoms with van der Waals surface area (Å²) in [7, 11) is 0. The molecule has 1 N–H and O–H groups in total.